The highest BCUT2D eigenvalue weighted by atomic mass is 16.3. The van der Waals surface area contributed by atoms with Crippen LogP contribution in [0.25, 0.3) is 0 Å². The summed E-state index contributed by atoms with van der Waals surface area (Å²) in [4.78, 5) is 11.4. The van der Waals surface area contributed by atoms with Gasteiger partial charge in [-0.05, 0) is 18.1 Å². The highest BCUT2D eigenvalue weighted by Gasteiger charge is 2.10. The van der Waals surface area contributed by atoms with Crippen molar-refractivity contribution in [3.63, 3.8) is 0 Å². The maximum absolute atomic E-state index is 11.4. The minimum Gasteiger partial charge on any atom is -0.469 e. The summed E-state index contributed by atoms with van der Waals surface area (Å²) in [7, 11) is 0. The second kappa shape index (κ2) is 6.33. The zero-order chi connectivity index (χ0) is 12.0. The molecule has 1 aromatic heterocycles. The van der Waals surface area contributed by atoms with Crippen molar-refractivity contribution in [1.29, 1.82) is 0 Å². The second-order valence-electron chi connectivity index (χ2n) is 4.19. The van der Waals surface area contributed by atoms with E-state index < -0.39 is 6.10 Å². The number of carbonyl (C=O) groups excluding carboxylic acids is 1. The van der Waals surface area contributed by atoms with Gasteiger partial charge in [0.1, 0.15) is 5.76 Å². The average molecular weight is 225 g/mol. The van der Waals surface area contributed by atoms with Crippen molar-refractivity contribution in [2.45, 2.75) is 32.8 Å². The van der Waals surface area contributed by atoms with Gasteiger partial charge in [-0.1, -0.05) is 13.8 Å². The third-order valence-electron chi connectivity index (χ3n) is 2.46. The molecule has 0 aliphatic rings. The molecular formula is C12H19NO3. The molecule has 1 amide bonds. The summed E-state index contributed by atoms with van der Waals surface area (Å²) in [6, 6.07) is 3.64. The molecule has 2 N–H and O–H groups in total. The molecular weight excluding hydrogens is 206 g/mol. The van der Waals surface area contributed by atoms with Crippen LogP contribution in [0.15, 0.2) is 22.8 Å². The summed E-state index contributed by atoms with van der Waals surface area (Å²) in [5.41, 5.74) is 0. The Bertz CT molecular complexity index is 306. The minimum absolute atomic E-state index is 0.0592. The number of rotatable bonds is 6. The Hall–Kier alpha value is -1.29. The molecule has 0 aliphatic heterocycles. The maximum Gasteiger partial charge on any atom is 0.220 e. The number of carbonyl (C=O) groups is 1. The molecule has 0 saturated heterocycles. The van der Waals surface area contributed by atoms with Crippen LogP contribution < -0.4 is 5.32 Å². The zero-order valence-corrected chi connectivity index (χ0v) is 9.77. The van der Waals surface area contributed by atoms with Crippen molar-refractivity contribution >= 4 is 5.91 Å². The van der Waals surface area contributed by atoms with Crippen LogP contribution in [0, 0.1) is 5.92 Å². The highest BCUT2D eigenvalue weighted by Crippen LogP contribution is 2.03. The molecule has 90 valence electrons. The minimum atomic E-state index is -0.479. The van der Waals surface area contributed by atoms with E-state index >= 15 is 0 Å². The van der Waals surface area contributed by atoms with E-state index in [-0.39, 0.29) is 11.8 Å². The van der Waals surface area contributed by atoms with Crippen molar-refractivity contribution in [2.75, 3.05) is 6.54 Å². The quantitative estimate of drug-likeness (QED) is 0.768. The molecule has 0 bridgehead atoms. The van der Waals surface area contributed by atoms with Gasteiger partial charge in [0.15, 0.2) is 0 Å². The molecule has 4 nitrogen and oxygen atoms in total. The molecule has 1 aromatic rings. The van der Waals surface area contributed by atoms with E-state index in [0.717, 1.165) is 5.76 Å². The van der Waals surface area contributed by atoms with Crippen LogP contribution in [0.5, 0.6) is 0 Å². The van der Waals surface area contributed by atoms with Crippen LogP contribution in [0.1, 0.15) is 26.0 Å². The number of hydrogen-bond acceptors (Lipinski definition) is 3. The predicted molar refractivity (Wildman–Crippen MR) is 60.9 cm³/mol. The van der Waals surface area contributed by atoms with Crippen molar-refractivity contribution in [1.82, 2.24) is 5.32 Å². The molecule has 1 rings (SSSR count). The molecule has 0 saturated carbocycles. The van der Waals surface area contributed by atoms with Crippen LogP contribution in [0.3, 0.4) is 0 Å². The Labute approximate surface area is 95.7 Å². The first-order chi connectivity index (χ1) is 7.59. The van der Waals surface area contributed by atoms with Gasteiger partial charge in [-0.15, -0.1) is 0 Å². The van der Waals surface area contributed by atoms with Gasteiger partial charge in [-0.25, -0.2) is 0 Å². The van der Waals surface area contributed by atoms with Gasteiger partial charge < -0.3 is 14.8 Å². The Morgan fingerprint density at radius 2 is 2.31 bits per heavy atom. The standard InChI is InChI=1S/C12H19NO3/c1-9(2)11(14)8-13-12(15)6-5-10-4-3-7-16-10/h3-4,7,9,11,14H,5-6,8H2,1-2H3,(H,13,15). The Morgan fingerprint density at radius 1 is 1.56 bits per heavy atom. The van der Waals surface area contributed by atoms with E-state index in [1.54, 1.807) is 12.3 Å². The van der Waals surface area contributed by atoms with Crippen LogP contribution in [0.4, 0.5) is 0 Å². The molecule has 0 radical (unpaired) electrons. The SMILES string of the molecule is CC(C)C(O)CNC(=O)CCc1ccco1. The first-order valence-corrected chi connectivity index (χ1v) is 5.56. The van der Waals surface area contributed by atoms with E-state index in [1.165, 1.54) is 0 Å². The van der Waals surface area contributed by atoms with Gasteiger partial charge >= 0.3 is 0 Å². The van der Waals surface area contributed by atoms with E-state index in [1.807, 2.05) is 19.9 Å². The molecule has 16 heavy (non-hydrogen) atoms. The maximum atomic E-state index is 11.4. The third-order valence-corrected chi connectivity index (χ3v) is 2.46. The number of nitrogens with one attached hydrogen (secondary N) is 1. The van der Waals surface area contributed by atoms with E-state index in [4.69, 9.17) is 4.42 Å². The molecule has 1 atom stereocenters. The van der Waals surface area contributed by atoms with Gasteiger partial charge in [-0.3, -0.25) is 4.79 Å². The third kappa shape index (κ3) is 4.49. The van der Waals surface area contributed by atoms with Gasteiger partial charge in [-0.2, -0.15) is 0 Å². The van der Waals surface area contributed by atoms with Gasteiger partial charge in [0.2, 0.25) is 5.91 Å². The zero-order valence-electron chi connectivity index (χ0n) is 9.77. The largest absolute Gasteiger partial charge is 0.469 e. The average Bonchev–Trinajstić information content (AvgIpc) is 2.75. The lowest BCUT2D eigenvalue weighted by Crippen LogP contribution is -2.34. The molecule has 0 aliphatic carbocycles. The molecule has 1 unspecified atom stereocenters. The van der Waals surface area contributed by atoms with Crippen molar-refractivity contribution in [3.05, 3.63) is 24.2 Å². The van der Waals surface area contributed by atoms with Gasteiger partial charge in [0, 0.05) is 19.4 Å². The normalized spacial score (nSPS) is 12.8. The van der Waals surface area contributed by atoms with Crippen LogP contribution in [-0.2, 0) is 11.2 Å². The van der Waals surface area contributed by atoms with Gasteiger partial charge in [0.05, 0.1) is 12.4 Å². The number of aryl methyl sites for hydroxylation is 1. The number of hydrogen-bond donors (Lipinski definition) is 2. The van der Waals surface area contributed by atoms with Crippen LogP contribution >= 0.6 is 0 Å². The predicted octanol–water partition coefficient (Wildman–Crippen LogP) is 1.35. The molecule has 0 spiro atoms. The van der Waals surface area contributed by atoms with Crippen LogP contribution in [-0.4, -0.2) is 23.7 Å². The smallest absolute Gasteiger partial charge is 0.220 e. The monoisotopic (exact) mass is 225 g/mol. The van der Waals surface area contributed by atoms with Crippen molar-refractivity contribution in [3.8, 4) is 0 Å². The summed E-state index contributed by atoms with van der Waals surface area (Å²) in [5, 5.41) is 12.2. The Morgan fingerprint density at radius 3 is 2.88 bits per heavy atom. The van der Waals surface area contributed by atoms with Gasteiger partial charge in [0.25, 0.3) is 0 Å². The Kier molecular flexibility index (Phi) is 5.05. The van der Waals surface area contributed by atoms with E-state index in [9.17, 15) is 9.90 Å². The molecule has 4 heteroatoms. The fraction of sp³-hybridized carbons (Fsp3) is 0.583. The second-order valence-corrected chi connectivity index (χ2v) is 4.19. The summed E-state index contributed by atoms with van der Waals surface area (Å²) in [6.45, 7) is 4.15. The fourth-order valence-corrected chi connectivity index (χ4v) is 1.23. The number of furan rings is 1. The summed E-state index contributed by atoms with van der Waals surface area (Å²) in [5.74, 6) is 0.904. The number of aliphatic hydroxyl groups is 1. The van der Waals surface area contributed by atoms with Crippen molar-refractivity contribution in [2.24, 2.45) is 5.92 Å². The first kappa shape index (κ1) is 12.8. The highest BCUT2D eigenvalue weighted by molar-refractivity contribution is 5.76. The van der Waals surface area contributed by atoms with Crippen LogP contribution in [0.2, 0.25) is 0 Å². The Balaban J connectivity index is 2.16. The number of aliphatic hydroxyl groups excluding tert-OH is 1. The summed E-state index contributed by atoms with van der Waals surface area (Å²) < 4.78 is 5.12. The first-order valence-electron chi connectivity index (χ1n) is 5.56. The molecule has 1 heterocycles. The summed E-state index contributed by atoms with van der Waals surface area (Å²) >= 11 is 0. The lowest BCUT2D eigenvalue weighted by molar-refractivity contribution is -0.121. The lowest BCUT2D eigenvalue weighted by atomic mass is 10.1. The van der Waals surface area contributed by atoms with E-state index in [0.29, 0.717) is 19.4 Å². The van der Waals surface area contributed by atoms with E-state index in [2.05, 4.69) is 5.32 Å². The topological polar surface area (TPSA) is 62.5 Å². The molecule has 0 aromatic carbocycles. The van der Waals surface area contributed by atoms with Crippen molar-refractivity contribution < 1.29 is 14.3 Å². The fourth-order valence-electron chi connectivity index (χ4n) is 1.23. The number of amides is 1. The molecule has 0 fully saturated rings. The lowest BCUT2D eigenvalue weighted by Gasteiger charge is -2.14. The summed E-state index contributed by atoms with van der Waals surface area (Å²) in [6.07, 6.45) is 2.09.